The molecule has 0 fully saturated rings. The van der Waals surface area contributed by atoms with Gasteiger partial charge in [0.05, 0.1) is 0 Å². The highest BCUT2D eigenvalue weighted by molar-refractivity contribution is 5.99. The molecule has 1 aromatic heterocycles. The largest absolute Gasteiger partial charge is 0.368 e. The number of H-pyrrole nitrogens is 1. The fourth-order valence-electron chi connectivity index (χ4n) is 3.21. The Morgan fingerprint density at radius 1 is 1.11 bits per heavy atom. The number of nitrogens with two attached hydrogens (primary N) is 1. The van der Waals surface area contributed by atoms with Crippen LogP contribution in [0.1, 0.15) is 30.5 Å². The van der Waals surface area contributed by atoms with Crippen molar-refractivity contribution >= 4 is 28.8 Å². The Morgan fingerprint density at radius 3 is 2.57 bits per heavy atom. The van der Waals surface area contributed by atoms with Gasteiger partial charge in [-0.3, -0.25) is 9.59 Å². The van der Waals surface area contributed by atoms with Crippen LogP contribution in [0.25, 0.3) is 28.1 Å². The highest BCUT2D eigenvalue weighted by Crippen LogP contribution is 2.30. The minimum absolute atomic E-state index is 0.301. The highest BCUT2D eigenvalue weighted by Gasteiger charge is 2.14. The van der Waals surface area contributed by atoms with Gasteiger partial charge in [-0.15, -0.1) is 0 Å². The molecule has 2 amide bonds. The second-order valence-electron chi connectivity index (χ2n) is 7.23. The number of hydrogen-bond acceptors (Lipinski definition) is 2. The molecular formula is C23H25N3O2. The van der Waals surface area contributed by atoms with Crippen LogP contribution in [0.3, 0.4) is 0 Å². The van der Waals surface area contributed by atoms with Gasteiger partial charge in [-0.25, -0.2) is 0 Å². The molecule has 28 heavy (non-hydrogen) atoms. The Labute approximate surface area is 164 Å². The molecule has 0 spiro atoms. The molecule has 3 aromatic rings. The molecule has 2 aromatic carbocycles. The lowest BCUT2D eigenvalue weighted by atomic mass is 9.93. The maximum Gasteiger partial charge on any atom is 0.247 e. The van der Waals surface area contributed by atoms with Crippen LogP contribution in [0.2, 0.25) is 0 Å². The zero-order chi connectivity index (χ0) is 20.4. The molecule has 4 N–H and O–H groups in total. The molecule has 3 rings (SSSR count). The summed E-state index contributed by atoms with van der Waals surface area (Å²) in [6.07, 6.45) is 3.78. The highest BCUT2D eigenvalue weighted by atomic mass is 16.2. The fraction of sp³-hybridized carbons (Fsp3) is 0.217. The predicted molar refractivity (Wildman–Crippen MR) is 114 cm³/mol. The maximum atomic E-state index is 12.3. The lowest BCUT2D eigenvalue weighted by Gasteiger charge is -2.13. The minimum atomic E-state index is -0.704. The average molecular weight is 375 g/mol. The van der Waals surface area contributed by atoms with Crippen molar-refractivity contribution in [2.75, 3.05) is 0 Å². The molecule has 144 valence electrons. The molecule has 1 atom stereocenters. The van der Waals surface area contributed by atoms with Crippen LogP contribution < -0.4 is 11.1 Å². The average Bonchev–Trinajstić information content (AvgIpc) is 3.11. The summed E-state index contributed by atoms with van der Waals surface area (Å²) < 4.78 is 0. The molecule has 0 bridgehead atoms. The first kappa shape index (κ1) is 19.4. The summed E-state index contributed by atoms with van der Waals surface area (Å²) in [5, 5.41) is 3.78. The number of amides is 2. The first-order valence-corrected chi connectivity index (χ1v) is 9.23. The molecule has 0 saturated heterocycles. The lowest BCUT2D eigenvalue weighted by molar-refractivity contribution is -0.124. The van der Waals surface area contributed by atoms with Gasteiger partial charge in [0.2, 0.25) is 11.8 Å². The van der Waals surface area contributed by atoms with Gasteiger partial charge < -0.3 is 16.0 Å². The molecule has 5 nitrogen and oxygen atoms in total. The van der Waals surface area contributed by atoms with E-state index in [0.717, 1.165) is 27.8 Å². The minimum Gasteiger partial charge on any atom is -0.368 e. The van der Waals surface area contributed by atoms with Crippen LogP contribution >= 0.6 is 0 Å². The first-order chi connectivity index (χ1) is 13.3. The van der Waals surface area contributed by atoms with E-state index in [9.17, 15) is 9.59 Å². The topological polar surface area (TPSA) is 88.0 Å². The summed E-state index contributed by atoms with van der Waals surface area (Å²) in [5.74, 6) is -0.859. The number of rotatable bonds is 5. The molecule has 0 saturated carbocycles. The Hall–Kier alpha value is -3.34. The molecule has 1 heterocycles. The van der Waals surface area contributed by atoms with Crippen LogP contribution in [0.15, 0.2) is 48.2 Å². The Bertz CT molecular complexity index is 1090. The van der Waals surface area contributed by atoms with Crippen molar-refractivity contribution in [3.05, 3.63) is 64.9 Å². The van der Waals surface area contributed by atoms with Gasteiger partial charge >= 0.3 is 0 Å². The molecule has 0 radical (unpaired) electrons. The molecule has 0 aliphatic carbocycles. The molecule has 0 aliphatic rings. The van der Waals surface area contributed by atoms with E-state index in [0.29, 0.717) is 5.57 Å². The van der Waals surface area contributed by atoms with E-state index in [4.69, 9.17) is 5.73 Å². The fourth-order valence-corrected chi connectivity index (χ4v) is 3.21. The van der Waals surface area contributed by atoms with Gasteiger partial charge in [0.25, 0.3) is 0 Å². The number of carbonyl (C=O) groups is 2. The van der Waals surface area contributed by atoms with Gasteiger partial charge in [-0.05, 0) is 85.2 Å². The van der Waals surface area contributed by atoms with Crippen molar-refractivity contribution in [3.63, 3.8) is 0 Å². The molecule has 0 unspecified atom stereocenters. The number of aromatic nitrogens is 1. The van der Waals surface area contributed by atoms with Crippen molar-refractivity contribution < 1.29 is 9.59 Å². The number of nitrogens with one attached hydrogen (secondary N) is 2. The van der Waals surface area contributed by atoms with Crippen molar-refractivity contribution in [2.45, 2.75) is 33.7 Å². The third-order valence-electron chi connectivity index (χ3n) is 4.98. The van der Waals surface area contributed by atoms with Gasteiger partial charge in [0, 0.05) is 17.3 Å². The van der Waals surface area contributed by atoms with Gasteiger partial charge in [-0.2, -0.15) is 0 Å². The zero-order valence-electron chi connectivity index (χ0n) is 16.6. The Balaban J connectivity index is 1.91. The summed E-state index contributed by atoms with van der Waals surface area (Å²) in [4.78, 5) is 26.6. The second kappa shape index (κ2) is 7.72. The molecule has 5 heteroatoms. The second-order valence-corrected chi connectivity index (χ2v) is 7.23. The number of carbonyl (C=O) groups excluding carboxylic acids is 2. The van der Waals surface area contributed by atoms with E-state index in [-0.39, 0.29) is 5.91 Å². The maximum absolute atomic E-state index is 12.3. The van der Waals surface area contributed by atoms with Crippen molar-refractivity contribution in [2.24, 2.45) is 5.73 Å². The summed E-state index contributed by atoms with van der Waals surface area (Å²) in [7, 11) is 0. The third-order valence-corrected chi connectivity index (χ3v) is 4.98. The van der Waals surface area contributed by atoms with Gasteiger partial charge in [0.1, 0.15) is 6.04 Å². The van der Waals surface area contributed by atoms with E-state index in [2.05, 4.69) is 53.6 Å². The van der Waals surface area contributed by atoms with Crippen LogP contribution in [0.5, 0.6) is 0 Å². The predicted octanol–water partition coefficient (Wildman–Crippen LogP) is 3.85. The van der Waals surface area contributed by atoms with Crippen LogP contribution in [0.4, 0.5) is 0 Å². The number of aromatic amines is 1. The number of hydrogen-bond donors (Lipinski definition) is 3. The van der Waals surface area contributed by atoms with E-state index in [1.54, 1.807) is 13.8 Å². The van der Waals surface area contributed by atoms with Crippen molar-refractivity contribution in [1.82, 2.24) is 10.3 Å². The van der Waals surface area contributed by atoms with Gasteiger partial charge in [-0.1, -0.05) is 18.2 Å². The van der Waals surface area contributed by atoms with E-state index in [1.807, 2.05) is 19.2 Å². The van der Waals surface area contributed by atoms with Crippen LogP contribution in [-0.4, -0.2) is 22.8 Å². The van der Waals surface area contributed by atoms with E-state index in [1.165, 1.54) is 10.9 Å². The van der Waals surface area contributed by atoms with E-state index < -0.39 is 11.9 Å². The quantitative estimate of drug-likeness (QED) is 0.592. The summed E-state index contributed by atoms with van der Waals surface area (Å²) in [5.41, 5.74) is 12.4. The number of benzene rings is 2. The monoisotopic (exact) mass is 375 g/mol. The number of primary amides is 1. The number of aryl methyl sites for hydroxylation is 2. The summed E-state index contributed by atoms with van der Waals surface area (Å²) in [6.45, 7) is 7.39. The van der Waals surface area contributed by atoms with Crippen LogP contribution in [-0.2, 0) is 9.59 Å². The van der Waals surface area contributed by atoms with Crippen molar-refractivity contribution in [1.29, 1.82) is 0 Å². The zero-order valence-corrected chi connectivity index (χ0v) is 16.6. The smallest absolute Gasteiger partial charge is 0.247 e. The Morgan fingerprint density at radius 2 is 1.86 bits per heavy atom. The van der Waals surface area contributed by atoms with Crippen LogP contribution in [0, 0.1) is 13.8 Å². The first-order valence-electron chi connectivity index (χ1n) is 9.23. The Kier molecular flexibility index (Phi) is 5.36. The summed E-state index contributed by atoms with van der Waals surface area (Å²) in [6, 6.07) is 12.0. The van der Waals surface area contributed by atoms with Gasteiger partial charge in [0.15, 0.2) is 0 Å². The molecular weight excluding hydrogens is 350 g/mol. The normalized spacial score (nSPS) is 12.8. The standard InChI is InChI=1S/C23H25N3O2/c1-13-11-20(17-5-6-21-18(12-17)7-8-25-21)14(2)9-19(13)10-15(3)23(28)26-16(4)22(24)27/h5-12,16,25H,1-4H3,(H2,24,27)(H,26,28)/b15-10+/t16-/m1/s1. The number of fused-ring (bicyclic) bond motifs is 1. The summed E-state index contributed by atoms with van der Waals surface area (Å²) >= 11 is 0. The molecule has 0 aliphatic heterocycles. The lowest BCUT2D eigenvalue weighted by Crippen LogP contribution is -2.42. The van der Waals surface area contributed by atoms with Crippen molar-refractivity contribution in [3.8, 4) is 11.1 Å². The third kappa shape index (κ3) is 3.98. The SMILES string of the molecule is C/C(=C\c1cc(C)c(-c2ccc3[nH]ccc3c2)cc1C)C(=O)N[C@H](C)C(N)=O. The van der Waals surface area contributed by atoms with E-state index >= 15 is 0 Å².